The van der Waals surface area contributed by atoms with Crippen molar-refractivity contribution < 1.29 is 0 Å². The van der Waals surface area contributed by atoms with Gasteiger partial charge in [-0.25, -0.2) is 0 Å². The lowest BCUT2D eigenvalue weighted by atomic mass is 9.87. The second-order valence-corrected chi connectivity index (χ2v) is 6.06. The van der Waals surface area contributed by atoms with Crippen LogP contribution in [0.1, 0.15) is 32.3 Å². The van der Waals surface area contributed by atoms with Gasteiger partial charge in [0.15, 0.2) is 0 Å². The molecule has 0 fully saturated rings. The second-order valence-electron chi connectivity index (χ2n) is 4.45. The van der Waals surface area contributed by atoms with Gasteiger partial charge in [-0.2, -0.15) is 0 Å². The van der Waals surface area contributed by atoms with Crippen LogP contribution in [0.4, 0.5) is 0 Å². The van der Waals surface area contributed by atoms with Crippen LogP contribution >= 0.6 is 27.7 Å². The highest BCUT2D eigenvalue weighted by molar-refractivity contribution is 9.09. The van der Waals surface area contributed by atoms with Gasteiger partial charge < -0.3 is 0 Å². The van der Waals surface area contributed by atoms with Gasteiger partial charge in [0, 0.05) is 16.0 Å². The van der Waals surface area contributed by atoms with E-state index in [0.29, 0.717) is 5.41 Å². The van der Waals surface area contributed by atoms with Gasteiger partial charge in [0.05, 0.1) is 0 Å². The van der Waals surface area contributed by atoms with Gasteiger partial charge in [0.2, 0.25) is 0 Å². The highest BCUT2D eigenvalue weighted by Gasteiger charge is 2.24. The molecule has 0 saturated carbocycles. The molecule has 0 atom stereocenters. The lowest BCUT2D eigenvalue weighted by Crippen LogP contribution is -2.23. The predicted molar refractivity (Wildman–Crippen MR) is 78.7 cm³/mol. The molecule has 0 aromatic heterocycles. The third-order valence-electron chi connectivity index (χ3n) is 3.32. The molecule has 0 nitrogen and oxygen atoms in total. The number of halogens is 1. The molecule has 16 heavy (non-hydrogen) atoms. The van der Waals surface area contributed by atoms with Crippen LogP contribution in [-0.2, 0) is 0 Å². The molecule has 0 bridgehead atoms. The van der Waals surface area contributed by atoms with Gasteiger partial charge in [-0.15, -0.1) is 11.8 Å². The SMILES string of the molecule is CCC(CC)(CBr)CSc1cccc(C)c1. The van der Waals surface area contributed by atoms with Crippen LogP contribution in [0.25, 0.3) is 0 Å². The van der Waals surface area contributed by atoms with Crippen molar-refractivity contribution in [3.05, 3.63) is 29.8 Å². The van der Waals surface area contributed by atoms with Crippen LogP contribution in [-0.4, -0.2) is 11.1 Å². The normalized spacial score (nSPS) is 11.8. The number of aryl methyl sites for hydroxylation is 1. The highest BCUT2D eigenvalue weighted by Crippen LogP contribution is 2.35. The Bertz CT molecular complexity index is 310. The molecule has 0 N–H and O–H groups in total. The molecule has 1 rings (SSSR count). The van der Waals surface area contributed by atoms with E-state index in [2.05, 4.69) is 61.0 Å². The summed E-state index contributed by atoms with van der Waals surface area (Å²) in [4.78, 5) is 1.40. The van der Waals surface area contributed by atoms with E-state index in [9.17, 15) is 0 Å². The van der Waals surface area contributed by atoms with Crippen LogP contribution in [0.5, 0.6) is 0 Å². The Morgan fingerprint density at radius 1 is 1.25 bits per heavy atom. The van der Waals surface area contributed by atoms with Crippen molar-refractivity contribution in [3.8, 4) is 0 Å². The van der Waals surface area contributed by atoms with Crippen LogP contribution in [0.2, 0.25) is 0 Å². The highest BCUT2D eigenvalue weighted by atomic mass is 79.9. The molecule has 0 unspecified atom stereocenters. The summed E-state index contributed by atoms with van der Waals surface area (Å²) in [6, 6.07) is 8.78. The minimum atomic E-state index is 0.453. The molecule has 0 spiro atoms. The minimum Gasteiger partial charge on any atom is -0.126 e. The number of alkyl halides is 1. The number of benzene rings is 1. The molecule has 0 heterocycles. The zero-order valence-electron chi connectivity index (χ0n) is 10.4. The van der Waals surface area contributed by atoms with E-state index in [-0.39, 0.29) is 0 Å². The maximum absolute atomic E-state index is 3.67. The first kappa shape index (κ1) is 14.1. The van der Waals surface area contributed by atoms with Crippen molar-refractivity contribution in [3.63, 3.8) is 0 Å². The fourth-order valence-electron chi connectivity index (χ4n) is 1.62. The van der Waals surface area contributed by atoms with E-state index in [1.54, 1.807) is 0 Å². The van der Waals surface area contributed by atoms with E-state index < -0.39 is 0 Å². The molecule has 0 radical (unpaired) electrons. The van der Waals surface area contributed by atoms with Crippen LogP contribution in [0.15, 0.2) is 29.2 Å². The van der Waals surface area contributed by atoms with E-state index in [1.165, 1.54) is 29.1 Å². The van der Waals surface area contributed by atoms with Gasteiger partial charge in [-0.1, -0.05) is 47.5 Å². The van der Waals surface area contributed by atoms with Crippen LogP contribution in [0, 0.1) is 12.3 Å². The van der Waals surface area contributed by atoms with E-state index >= 15 is 0 Å². The summed E-state index contributed by atoms with van der Waals surface area (Å²) in [6.07, 6.45) is 2.49. The fraction of sp³-hybridized carbons (Fsp3) is 0.571. The van der Waals surface area contributed by atoms with E-state index in [4.69, 9.17) is 0 Å². The van der Waals surface area contributed by atoms with Gasteiger partial charge in [0.25, 0.3) is 0 Å². The Kier molecular flexibility index (Phi) is 5.91. The number of thioether (sulfide) groups is 1. The van der Waals surface area contributed by atoms with Crippen molar-refractivity contribution >= 4 is 27.7 Å². The average molecular weight is 301 g/mol. The average Bonchev–Trinajstić information content (AvgIpc) is 2.32. The van der Waals surface area contributed by atoms with Crippen molar-refractivity contribution in [2.45, 2.75) is 38.5 Å². The van der Waals surface area contributed by atoms with Crippen molar-refractivity contribution in [1.82, 2.24) is 0 Å². The Labute approximate surface area is 112 Å². The molecule has 2 heteroatoms. The summed E-state index contributed by atoms with van der Waals surface area (Å²) < 4.78 is 0. The van der Waals surface area contributed by atoms with Crippen molar-refractivity contribution in [1.29, 1.82) is 0 Å². The lowest BCUT2D eigenvalue weighted by molar-refractivity contribution is 0.359. The Hall–Kier alpha value is 0.0500. The minimum absolute atomic E-state index is 0.453. The number of hydrogen-bond donors (Lipinski definition) is 0. The molecule has 0 aliphatic carbocycles. The van der Waals surface area contributed by atoms with Gasteiger partial charge in [-0.3, -0.25) is 0 Å². The first-order chi connectivity index (χ1) is 7.65. The van der Waals surface area contributed by atoms with E-state index in [0.717, 1.165) is 5.33 Å². The quantitative estimate of drug-likeness (QED) is 0.508. The van der Waals surface area contributed by atoms with Gasteiger partial charge in [0.1, 0.15) is 0 Å². The van der Waals surface area contributed by atoms with Gasteiger partial charge >= 0.3 is 0 Å². The third kappa shape index (κ3) is 3.81. The predicted octanol–water partition coefficient (Wildman–Crippen LogP) is 5.29. The largest absolute Gasteiger partial charge is 0.126 e. The molecular weight excluding hydrogens is 280 g/mol. The zero-order chi connectivity index (χ0) is 12.0. The first-order valence-corrected chi connectivity index (χ1v) is 8.02. The standard InChI is InChI=1S/C14H21BrS/c1-4-14(5-2,10-15)11-16-13-8-6-7-12(3)9-13/h6-9H,4-5,10-11H2,1-3H3. The Morgan fingerprint density at radius 3 is 2.44 bits per heavy atom. The monoisotopic (exact) mass is 300 g/mol. The third-order valence-corrected chi connectivity index (χ3v) is 5.85. The Balaban J connectivity index is 2.62. The molecule has 90 valence electrons. The second kappa shape index (κ2) is 6.70. The molecule has 1 aromatic carbocycles. The molecule has 0 amide bonds. The maximum atomic E-state index is 3.67. The summed E-state index contributed by atoms with van der Waals surface area (Å²) in [7, 11) is 0. The summed E-state index contributed by atoms with van der Waals surface area (Å²) >= 11 is 5.65. The summed E-state index contributed by atoms with van der Waals surface area (Å²) in [5, 5.41) is 1.10. The summed E-state index contributed by atoms with van der Waals surface area (Å²) in [5.74, 6) is 1.20. The van der Waals surface area contributed by atoms with Gasteiger partial charge in [-0.05, 0) is 37.3 Å². The lowest BCUT2D eigenvalue weighted by Gasteiger charge is -2.29. The van der Waals surface area contributed by atoms with Crippen LogP contribution in [0.3, 0.4) is 0 Å². The molecule has 0 saturated heterocycles. The Morgan fingerprint density at radius 2 is 1.94 bits per heavy atom. The van der Waals surface area contributed by atoms with Crippen LogP contribution < -0.4 is 0 Å². The summed E-state index contributed by atoms with van der Waals surface area (Å²) in [5.41, 5.74) is 1.80. The number of rotatable bonds is 6. The van der Waals surface area contributed by atoms with E-state index in [1.807, 2.05) is 11.8 Å². The first-order valence-electron chi connectivity index (χ1n) is 5.91. The number of hydrogen-bond acceptors (Lipinski definition) is 1. The van der Waals surface area contributed by atoms with Crippen molar-refractivity contribution in [2.24, 2.45) is 5.41 Å². The van der Waals surface area contributed by atoms with Crippen molar-refractivity contribution in [2.75, 3.05) is 11.1 Å². The fourth-order valence-corrected chi connectivity index (χ4v) is 4.30. The molecule has 0 aliphatic rings. The smallest absolute Gasteiger partial charge is 0.00957 e. The topological polar surface area (TPSA) is 0 Å². The molecule has 0 aliphatic heterocycles. The summed E-state index contributed by atoms with van der Waals surface area (Å²) in [6.45, 7) is 6.74. The zero-order valence-corrected chi connectivity index (χ0v) is 12.8. The molecule has 1 aromatic rings. The maximum Gasteiger partial charge on any atom is 0.00957 e. The molecular formula is C14H21BrS.